The predicted octanol–water partition coefficient (Wildman–Crippen LogP) is -0.0534. The van der Waals surface area contributed by atoms with Crippen LogP contribution in [0.4, 0.5) is 0 Å². The Bertz CT molecular complexity index is 203. The summed E-state index contributed by atoms with van der Waals surface area (Å²) in [7, 11) is 2.71. The second-order valence-electron chi connectivity index (χ2n) is 3.25. The van der Waals surface area contributed by atoms with Gasteiger partial charge in [0.15, 0.2) is 0 Å². The van der Waals surface area contributed by atoms with Gasteiger partial charge in [-0.05, 0) is 5.92 Å². The van der Waals surface area contributed by atoms with Crippen LogP contribution in [0.3, 0.4) is 0 Å². The molecule has 0 unspecified atom stereocenters. The number of amides is 1. The average molecular weight is 203 g/mol. The summed E-state index contributed by atoms with van der Waals surface area (Å²) in [6.45, 7) is 3.60. The van der Waals surface area contributed by atoms with E-state index in [1.54, 1.807) is 0 Å². The van der Waals surface area contributed by atoms with Crippen molar-refractivity contribution in [1.29, 1.82) is 0 Å². The van der Waals surface area contributed by atoms with Crippen molar-refractivity contribution < 1.29 is 19.1 Å². The molecule has 0 aromatic carbocycles. The number of carbonyl (C=O) groups is 2. The van der Waals surface area contributed by atoms with Crippen LogP contribution >= 0.6 is 0 Å². The van der Waals surface area contributed by atoms with Crippen LogP contribution in [-0.4, -0.2) is 38.7 Å². The fourth-order valence-electron chi connectivity index (χ4n) is 0.971. The van der Waals surface area contributed by atoms with Crippen LogP contribution in [-0.2, 0) is 19.1 Å². The molecule has 0 saturated heterocycles. The normalized spacial score (nSPS) is 12.4. The fourth-order valence-corrected chi connectivity index (χ4v) is 0.971. The fraction of sp³-hybridized carbons (Fsp3) is 0.778. The second-order valence-corrected chi connectivity index (χ2v) is 3.25. The van der Waals surface area contributed by atoms with Crippen LogP contribution < -0.4 is 5.32 Å². The van der Waals surface area contributed by atoms with Crippen molar-refractivity contribution in [2.45, 2.75) is 19.9 Å². The van der Waals surface area contributed by atoms with Gasteiger partial charge in [0, 0.05) is 7.11 Å². The van der Waals surface area contributed by atoms with Crippen molar-refractivity contribution in [2.24, 2.45) is 5.92 Å². The molecule has 82 valence electrons. The molecule has 0 aliphatic carbocycles. The van der Waals surface area contributed by atoms with Gasteiger partial charge in [0.2, 0.25) is 5.91 Å². The minimum absolute atomic E-state index is 0.0109. The highest BCUT2D eigenvalue weighted by atomic mass is 16.5. The van der Waals surface area contributed by atoms with Gasteiger partial charge in [-0.15, -0.1) is 0 Å². The van der Waals surface area contributed by atoms with Gasteiger partial charge in [-0.1, -0.05) is 13.8 Å². The molecule has 14 heavy (non-hydrogen) atoms. The molecule has 5 nitrogen and oxygen atoms in total. The summed E-state index contributed by atoms with van der Waals surface area (Å²) in [5.41, 5.74) is 0. The largest absolute Gasteiger partial charge is 0.467 e. The quantitative estimate of drug-likeness (QED) is 0.636. The number of nitrogens with one attached hydrogen (secondary N) is 1. The summed E-state index contributed by atoms with van der Waals surface area (Å²) in [6.07, 6.45) is 0. The lowest BCUT2D eigenvalue weighted by atomic mass is 10.0. The monoisotopic (exact) mass is 203 g/mol. The first-order chi connectivity index (χ1) is 6.52. The van der Waals surface area contributed by atoms with E-state index in [9.17, 15) is 9.59 Å². The molecule has 0 aliphatic heterocycles. The molecule has 0 fully saturated rings. The number of rotatable bonds is 5. The zero-order valence-corrected chi connectivity index (χ0v) is 8.99. The first kappa shape index (κ1) is 12.9. The van der Waals surface area contributed by atoms with E-state index in [4.69, 9.17) is 0 Å². The van der Waals surface area contributed by atoms with E-state index >= 15 is 0 Å². The molecular formula is C9H17NO4. The zero-order chi connectivity index (χ0) is 11.1. The lowest BCUT2D eigenvalue weighted by Crippen LogP contribution is -2.46. The molecule has 0 rings (SSSR count). The van der Waals surface area contributed by atoms with Crippen molar-refractivity contribution in [3.05, 3.63) is 0 Å². The molecule has 0 radical (unpaired) electrons. The van der Waals surface area contributed by atoms with E-state index in [0.29, 0.717) is 0 Å². The lowest BCUT2D eigenvalue weighted by Gasteiger charge is -2.19. The Hall–Kier alpha value is -1.10. The summed E-state index contributed by atoms with van der Waals surface area (Å²) in [6, 6.07) is -0.609. The number of carbonyl (C=O) groups excluding carboxylic acids is 2. The van der Waals surface area contributed by atoms with E-state index in [1.165, 1.54) is 14.2 Å². The van der Waals surface area contributed by atoms with Gasteiger partial charge in [0.1, 0.15) is 12.6 Å². The van der Waals surface area contributed by atoms with Crippen LogP contribution in [0.25, 0.3) is 0 Å². The van der Waals surface area contributed by atoms with Crippen LogP contribution in [0, 0.1) is 5.92 Å². The first-order valence-electron chi connectivity index (χ1n) is 4.39. The molecule has 0 heterocycles. The smallest absolute Gasteiger partial charge is 0.328 e. The van der Waals surface area contributed by atoms with E-state index in [0.717, 1.165) is 0 Å². The maximum Gasteiger partial charge on any atom is 0.328 e. The van der Waals surface area contributed by atoms with Crippen molar-refractivity contribution in [3.63, 3.8) is 0 Å². The standard InChI is InChI=1S/C9H17NO4/c1-6(2)8(9(12)14-4)10-7(11)5-13-3/h6,8H,5H2,1-4H3,(H,10,11)/t8-/m1/s1. The molecule has 1 atom stereocenters. The molecule has 0 aromatic heterocycles. The minimum Gasteiger partial charge on any atom is -0.467 e. The summed E-state index contributed by atoms with van der Waals surface area (Å²) >= 11 is 0. The number of hydrogen-bond donors (Lipinski definition) is 1. The summed E-state index contributed by atoms with van der Waals surface area (Å²) in [5, 5.41) is 2.53. The molecule has 1 amide bonds. The van der Waals surface area contributed by atoms with Crippen LogP contribution in [0.1, 0.15) is 13.8 Å². The van der Waals surface area contributed by atoms with Crippen molar-refractivity contribution >= 4 is 11.9 Å². The SMILES string of the molecule is COCC(=O)N[C@@H](C(=O)OC)C(C)C. The Labute approximate surface area is 83.8 Å². The summed E-state index contributed by atoms with van der Waals surface area (Å²) in [4.78, 5) is 22.3. The average Bonchev–Trinajstić information content (AvgIpc) is 2.13. The number of ether oxygens (including phenoxy) is 2. The van der Waals surface area contributed by atoms with Crippen LogP contribution in [0.5, 0.6) is 0 Å². The number of esters is 1. The van der Waals surface area contributed by atoms with Gasteiger partial charge in [-0.25, -0.2) is 4.79 Å². The van der Waals surface area contributed by atoms with Gasteiger partial charge in [-0.3, -0.25) is 4.79 Å². The molecule has 0 aliphatic rings. The Morgan fingerprint density at radius 1 is 1.29 bits per heavy atom. The van der Waals surface area contributed by atoms with Gasteiger partial charge >= 0.3 is 5.97 Å². The van der Waals surface area contributed by atoms with Crippen molar-refractivity contribution in [2.75, 3.05) is 20.8 Å². The summed E-state index contributed by atoms with van der Waals surface area (Å²) in [5.74, 6) is -0.774. The molecule has 0 bridgehead atoms. The Kier molecular flexibility index (Phi) is 5.87. The highest BCUT2D eigenvalue weighted by Gasteiger charge is 2.24. The van der Waals surface area contributed by atoms with Gasteiger partial charge in [0.25, 0.3) is 0 Å². The topological polar surface area (TPSA) is 64.6 Å². The number of hydrogen-bond acceptors (Lipinski definition) is 4. The van der Waals surface area contributed by atoms with E-state index in [2.05, 4.69) is 14.8 Å². The first-order valence-corrected chi connectivity index (χ1v) is 4.39. The number of methoxy groups -OCH3 is 2. The predicted molar refractivity (Wildman–Crippen MR) is 50.7 cm³/mol. The highest BCUT2D eigenvalue weighted by Crippen LogP contribution is 2.03. The maximum atomic E-state index is 11.2. The molecule has 5 heteroatoms. The molecular weight excluding hydrogens is 186 g/mol. The lowest BCUT2D eigenvalue weighted by molar-refractivity contribution is -0.146. The Morgan fingerprint density at radius 3 is 2.21 bits per heavy atom. The second kappa shape index (κ2) is 6.37. The van der Waals surface area contributed by atoms with Crippen molar-refractivity contribution in [3.8, 4) is 0 Å². The third-order valence-electron chi connectivity index (χ3n) is 1.71. The molecule has 1 N–H and O–H groups in total. The van der Waals surface area contributed by atoms with Gasteiger partial charge < -0.3 is 14.8 Å². The van der Waals surface area contributed by atoms with Gasteiger partial charge in [-0.2, -0.15) is 0 Å². The van der Waals surface area contributed by atoms with E-state index in [1.807, 2.05) is 13.8 Å². The maximum absolute atomic E-state index is 11.2. The zero-order valence-electron chi connectivity index (χ0n) is 8.99. The molecule has 0 saturated carbocycles. The highest BCUT2D eigenvalue weighted by molar-refractivity contribution is 5.85. The van der Waals surface area contributed by atoms with E-state index < -0.39 is 12.0 Å². The van der Waals surface area contributed by atoms with Crippen LogP contribution in [0.2, 0.25) is 0 Å². The summed E-state index contributed by atoms with van der Waals surface area (Å²) < 4.78 is 9.19. The van der Waals surface area contributed by atoms with Crippen molar-refractivity contribution in [1.82, 2.24) is 5.32 Å². The Morgan fingerprint density at radius 2 is 1.86 bits per heavy atom. The minimum atomic E-state index is -0.609. The molecule has 0 spiro atoms. The molecule has 0 aromatic rings. The third-order valence-corrected chi connectivity index (χ3v) is 1.71. The van der Waals surface area contributed by atoms with Gasteiger partial charge in [0.05, 0.1) is 7.11 Å². The van der Waals surface area contributed by atoms with E-state index in [-0.39, 0.29) is 18.4 Å². The third kappa shape index (κ3) is 4.23. The Balaban J connectivity index is 4.23. The van der Waals surface area contributed by atoms with Crippen LogP contribution in [0.15, 0.2) is 0 Å².